The molecule has 1 amide bonds. The smallest absolute Gasteiger partial charge is 0.221 e. The number of carbonyl (C=O) groups excluding carboxylic acids is 1. The minimum atomic E-state index is 0.0765. The predicted molar refractivity (Wildman–Crippen MR) is 59.5 cm³/mol. The highest BCUT2D eigenvalue weighted by Gasteiger charge is 2.25. The summed E-state index contributed by atoms with van der Waals surface area (Å²) in [4.78, 5) is 10.9. The molecule has 2 atom stereocenters. The molecule has 0 radical (unpaired) electrons. The van der Waals surface area contributed by atoms with Crippen molar-refractivity contribution in [2.75, 3.05) is 26.7 Å². The zero-order chi connectivity index (χ0) is 11.1. The van der Waals surface area contributed by atoms with Crippen molar-refractivity contribution in [1.82, 2.24) is 10.6 Å². The maximum absolute atomic E-state index is 10.9. The van der Waals surface area contributed by atoms with Gasteiger partial charge in [-0.05, 0) is 31.2 Å². The lowest BCUT2D eigenvalue weighted by Crippen LogP contribution is -2.30. The molecule has 0 heterocycles. The van der Waals surface area contributed by atoms with Crippen molar-refractivity contribution in [3.63, 3.8) is 0 Å². The van der Waals surface area contributed by atoms with Crippen LogP contribution in [0.25, 0.3) is 0 Å². The van der Waals surface area contributed by atoms with E-state index in [0.717, 1.165) is 19.5 Å². The summed E-state index contributed by atoms with van der Waals surface area (Å²) in [5.74, 6) is 1.14. The van der Waals surface area contributed by atoms with E-state index in [-0.39, 0.29) is 5.91 Å². The van der Waals surface area contributed by atoms with Crippen LogP contribution in [0.15, 0.2) is 0 Å². The van der Waals surface area contributed by atoms with Crippen molar-refractivity contribution in [3.8, 4) is 0 Å². The van der Waals surface area contributed by atoms with E-state index < -0.39 is 0 Å². The highest BCUT2D eigenvalue weighted by Crippen LogP contribution is 2.30. The Morgan fingerprint density at radius 1 is 1.40 bits per heavy atom. The maximum atomic E-state index is 10.9. The van der Waals surface area contributed by atoms with Crippen LogP contribution in [0.3, 0.4) is 0 Å². The molecule has 0 spiro atoms. The first-order valence-electron chi connectivity index (χ1n) is 5.80. The normalized spacial score (nSPS) is 25.5. The lowest BCUT2D eigenvalue weighted by molar-refractivity contribution is -0.120. The molecule has 0 aromatic rings. The van der Waals surface area contributed by atoms with Crippen LogP contribution >= 0.6 is 0 Å². The van der Waals surface area contributed by atoms with Crippen LogP contribution < -0.4 is 10.6 Å². The largest absolute Gasteiger partial charge is 0.396 e. The number of aliphatic hydroxyl groups is 1. The zero-order valence-electron chi connectivity index (χ0n) is 9.46. The molecule has 1 fully saturated rings. The van der Waals surface area contributed by atoms with Gasteiger partial charge in [0, 0.05) is 26.6 Å². The van der Waals surface area contributed by atoms with Gasteiger partial charge in [0.25, 0.3) is 0 Å². The summed E-state index contributed by atoms with van der Waals surface area (Å²) in [6.07, 6.45) is 4.12. The first kappa shape index (κ1) is 12.5. The Bertz CT molecular complexity index is 197. The fourth-order valence-corrected chi connectivity index (χ4v) is 2.24. The lowest BCUT2D eigenvalue weighted by atomic mass is 9.97. The van der Waals surface area contributed by atoms with E-state index in [2.05, 4.69) is 10.6 Å². The van der Waals surface area contributed by atoms with E-state index in [4.69, 9.17) is 5.11 Å². The van der Waals surface area contributed by atoms with Crippen molar-refractivity contribution in [2.45, 2.75) is 25.7 Å². The second-order valence-corrected chi connectivity index (χ2v) is 4.26. The number of rotatable bonds is 6. The van der Waals surface area contributed by atoms with Gasteiger partial charge in [0.1, 0.15) is 0 Å². The second-order valence-electron chi connectivity index (χ2n) is 4.26. The number of carbonyl (C=O) groups is 1. The molecule has 1 saturated carbocycles. The summed E-state index contributed by atoms with van der Waals surface area (Å²) < 4.78 is 0. The first-order chi connectivity index (χ1) is 7.27. The molecule has 0 saturated heterocycles. The van der Waals surface area contributed by atoms with E-state index in [1.54, 1.807) is 7.05 Å². The van der Waals surface area contributed by atoms with Crippen molar-refractivity contribution in [1.29, 1.82) is 0 Å². The Morgan fingerprint density at radius 2 is 2.13 bits per heavy atom. The summed E-state index contributed by atoms with van der Waals surface area (Å²) >= 11 is 0. The third-order valence-electron chi connectivity index (χ3n) is 3.27. The fourth-order valence-electron chi connectivity index (χ4n) is 2.24. The molecule has 1 rings (SSSR count). The number of hydrogen-bond donors (Lipinski definition) is 3. The van der Waals surface area contributed by atoms with Gasteiger partial charge in [0.05, 0.1) is 0 Å². The van der Waals surface area contributed by atoms with E-state index in [0.29, 0.717) is 24.9 Å². The Hall–Kier alpha value is -0.610. The minimum Gasteiger partial charge on any atom is -0.396 e. The predicted octanol–water partition coefficient (Wildman–Crippen LogP) is 0.121. The quantitative estimate of drug-likeness (QED) is 0.550. The highest BCUT2D eigenvalue weighted by molar-refractivity contribution is 5.75. The topological polar surface area (TPSA) is 61.4 Å². The molecule has 1 aliphatic carbocycles. The summed E-state index contributed by atoms with van der Waals surface area (Å²) in [6, 6.07) is 0. The van der Waals surface area contributed by atoms with E-state index in [1.807, 2.05) is 0 Å². The van der Waals surface area contributed by atoms with Crippen molar-refractivity contribution >= 4 is 5.91 Å². The SMILES string of the molecule is CNC(=O)CCNCC1CCCC1CO. The maximum Gasteiger partial charge on any atom is 0.221 e. The van der Waals surface area contributed by atoms with Gasteiger partial charge in [-0.15, -0.1) is 0 Å². The Balaban J connectivity index is 2.06. The molecule has 88 valence electrons. The summed E-state index contributed by atoms with van der Waals surface area (Å²) in [7, 11) is 1.65. The molecule has 4 heteroatoms. The number of hydrogen-bond acceptors (Lipinski definition) is 3. The monoisotopic (exact) mass is 214 g/mol. The zero-order valence-corrected chi connectivity index (χ0v) is 9.46. The third kappa shape index (κ3) is 4.18. The van der Waals surface area contributed by atoms with Crippen LogP contribution in [0.2, 0.25) is 0 Å². The van der Waals surface area contributed by atoms with Crippen molar-refractivity contribution in [3.05, 3.63) is 0 Å². The fraction of sp³-hybridized carbons (Fsp3) is 0.909. The number of amides is 1. The third-order valence-corrected chi connectivity index (χ3v) is 3.27. The molecular weight excluding hydrogens is 192 g/mol. The Labute approximate surface area is 91.4 Å². The Kier molecular flexibility index (Phi) is 5.65. The molecule has 0 aromatic carbocycles. The summed E-state index contributed by atoms with van der Waals surface area (Å²) in [6.45, 7) is 1.97. The van der Waals surface area contributed by atoms with Crippen LogP contribution in [-0.2, 0) is 4.79 Å². The van der Waals surface area contributed by atoms with Crippen molar-refractivity contribution < 1.29 is 9.90 Å². The molecule has 1 aliphatic rings. The number of aliphatic hydroxyl groups excluding tert-OH is 1. The van der Waals surface area contributed by atoms with Gasteiger partial charge < -0.3 is 15.7 Å². The van der Waals surface area contributed by atoms with E-state index in [1.165, 1.54) is 12.8 Å². The average molecular weight is 214 g/mol. The Morgan fingerprint density at radius 3 is 2.80 bits per heavy atom. The lowest BCUT2D eigenvalue weighted by Gasteiger charge is -2.17. The number of nitrogens with one attached hydrogen (secondary N) is 2. The highest BCUT2D eigenvalue weighted by atomic mass is 16.3. The van der Waals surface area contributed by atoms with Gasteiger partial charge in [-0.3, -0.25) is 4.79 Å². The molecule has 0 aliphatic heterocycles. The molecule has 0 bridgehead atoms. The first-order valence-corrected chi connectivity index (χ1v) is 5.80. The van der Waals surface area contributed by atoms with E-state index in [9.17, 15) is 4.79 Å². The molecule has 15 heavy (non-hydrogen) atoms. The molecular formula is C11H22N2O2. The molecule has 0 aromatic heterocycles. The van der Waals surface area contributed by atoms with Gasteiger partial charge >= 0.3 is 0 Å². The van der Waals surface area contributed by atoms with Crippen LogP contribution in [0.5, 0.6) is 0 Å². The van der Waals surface area contributed by atoms with Gasteiger partial charge in [-0.1, -0.05) is 6.42 Å². The van der Waals surface area contributed by atoms with Gasteiger partial charge in [0.2, 0.25) is 5.91 Å². The van der Waals surface area contributed by atoms with Gasteiger partial charge in [-0.25, -0.2) is 0 Å². The molecule has 3 N–H and O–H groups in total. The van der Waals surface area contributed by atoms with Gasteiger partial charge in [0.15, 0.2) is 0 Å². The van der Waals surface area contributed by atoms with Crippen LogP contribution in [-0.4, -0.2) is 37.8 Å². The van der Waals surface area contributed by atoms with Gasteiger partial charge in [-0.2, -0.15) is 0 Å². The summed E-state index contributed by atoms with van der Waals surface area (Å²) in [5.41, 5.74) is 0. The minimum absolute atomic E-state index is 0.0765. The van der Waals surface area contributed by atoms with Crippen LogP contribution in [0, 0.1) is 11.8 Å². The second kappa shape index (κ2) is 6.80. The average Bonchev–Trinajstić information content (AvgIpc) is 2.71. The van der Waals surface area contributed by atoms with E-state index >= 15 is 0 Å². The standard InChI is InChI=1S/C11H22N2O2/c1-12-11(15)5-6-13-7-9-3-2-4-10(9)8-14/h9-10,13-14H,2-8H2,1H3,(H,12,15). The summed E-state index contributed by atoms with van der Waals surface area (Å²) in [5, 5.41) is 15.0. The molecule has 4 nitrogen and oxygen atoms in total. The van der Waals surface area contributed by atoms with Crippen LogP contribution in [0.1, 0.15) is 25.7 Å². The van der Waals surface area contributed by atoms with Crippen molar-refractivity contribution in [2.24, 2.45) is 11.8 Å². The van der Waals surface area contributed by atoms with Crippen LogP contribution in [0.4, 0.5) is 0 Å². The molecule has 2 unspecified atom stereocenters.